The van der Waals surface area contributed by atoms with Crippen molar-refractivity contribution in [1.82, 2.24) is 10.7 Å². The van der Waals surface area contributed by atoms with E-state index in [9.17, 15) is 9.59 Å². The molecule has 0 aromatic heterocycles. The Morgan fingerprint density at radius 2 is 1.75 bits per heavy atom. The molecule has 8 heteroatoms. The van der Waals surface area contributed by atoms with Gasteiger partial charge in [0.25, 0.3) is 11.8 Å². The zero-order valence-corrected chi connectivity index (χ0v) is 21.5. The van der Waals surface area contributed by atoms with Gasteiger partial charge >= 0.3 is 0 Å². The van der Waals surface area contributed by atoms with E-state index in [-0.39, 0.29) is 11.8 Å². The fraction of sp³-hybridized carbons (Fsp3) is 0.250. The van der Waals surface area contributed by atoms with Crippen molar-refractivity contribution in [2.45, 2.75) is 33.4 Å². The van der Waals surface area contributed by atoms with Gasteiger partial charge in [0.05, 0.1) is 13.3 Å². The quantitative estimate of drug-likeness (QED) is 0.294. The third-order valence-electron chi connectivity index (χ3n) is 5.47. The molecule has 2 N–H and O–H groups in total. The van der Waals surface area contributed by atoms with Crippen LogP contribution >= 0.6 is 11.6 Å². The van der Waals surface area contributed by atoms with Crippen molar-refractivity contribution in [3.8, 4) is 11.5 Å². The summed E-state index contributed by atoms with van der Waals surface area (Å²) >= 11 is 6.19. The van der Waals surface area contributed by atoms with Crippen molar-refractivity contribution in [2.75, 3.05) is 7.11 Å². The van der Waals surface area contributed by atoms with E-state index >= 15 is 0 Å². The molecule has 0 bridgehead atoms. The number of ether oxygens (including phenoxy) is 2. The number of benzene rings is 3. The minimum absolute atomic E-state index is 0.135. The maximum Gasteiger partial charge on any atom is 0.262 e. The van der Waals surface area contributed by atoms with Gasteiger partial charge in [0.15, 0.2) is 11.5 Å². The number of hydrogen-bond donors (Lipinski definition) is 2. The number of amides is 2. The van der Waals surface area contributed by atoms with Crippen molar-refractivity contribution < 1.29 is 19.1 Å². The van der Waals surface area contributed by atoms with E-state index in [1.54, 1.807) is 37.4 Å². The first kappa shape index (κ1) is 26.8. The monoisotopic (exact) mass is 507 g/mol. The van der Waals surface area contributed by atoms with Gasteiger partial charge in [-0.2, -0.15) is 5.10 Å². The molecule has 2 amide bonds. The molecule has 3 aromatic rings. The molecule has 0 saturated carbocycles. The van der Waals surface area contributed by atoms with Crippen molar-refractivity contribution >= 4 is 29.6 Å². The normalized spacial score (nSPS) is 11.8. The maximum atomic E-state index is 12.7. The Labute approximate surface area is 216 Å². The molecule has 0 fully saturated rings. The second-order valence-electron chi connectivity index (χ2n) is 8.59. The molecule has 1 atom stereocenters. The number of rotatable bonds is 10. The number of carbonyl (C=O) groups is 2. The molecule has 0 radical (unpaired) electrons. The highest BCUT2D eigenvalue weighted by Gasteiger charge is 2.24. The molecular formula is C28H30ClN3O4. The van der Waals surface area contributed by atoms with Gasteiger partial charge in [0, 0.05) is 16.1 Å². The first-order chi connectivity index (χ1) is 17.3. The van der Waals surface area contributed by atoms with Crippen LogP contribution in [0.25, 0.3) is 0 Å². The summed E-state index contributed by atoms with van der Waals surface area (Å²) in [6.07, 6.45) is 1.50. The molecule has 3 rings (SSSR count). The number of hydrazone groups is 1. The highest BCUT2D eigenvalue weighted by atomic mass is 35.5. The number of carbonyl (C=O) groups excluding carboxylic acids is 2. The number of aryl methyl sites for hydroxylation is 1. The van der Waals surface area contributed by atoms with E-state index in [0.717, 1.165) is 11.1 Å². The standard InChI is InChI=1S/C28H30ClN3O4/c1-18(2)26(31-27(33)21-12-9-19(3)10-13-21)28(34)32-30-16-20-11-14-24(25(15-20)35-4)36-17-22-7-5-6-8-23(22)29/h5-16,18,26H,17H2,1-4H3,(H,31,33)(H,32,34). The Bertz CT molecular complexity index is 1230. The summed E-state index contributed by atoms with van der Waals surface area (Å²) < 4.78 is 11.3. The first-order valence-electron chi connectivity index (χ1n) is 11.5. The van der Waals surface area contributed by atoms with E-state index in [1.807, 2.05) is 57.2 Å². The zero-order valence-electron chi connectivity index (χ0n) is 20.7. The number of nitrogens with zero attached hydrogens (tertiary/aromatic N) is 1. The third-order valence-corrected chi connectivity index (χ3v) is 5.84. The van der Waals surface area contributed by atoms with Crippen LogP contribution in [-0.4, -0.2) is 31.2 Å². The lowest BCUT2D eigenvalue weighted by Crippen LogP contribution is -2.48. The van der Waals surface area contributed by atoms with Gasteiger partial charge in [-0.1, -0.05) is 61.3 Å². The van der Waals surface area contributed by atoms with Crippen LogP contribution < -0.4 is 20.2 Å². The lowest BCUT2D eigenvalue weighted by molar-refractivity contribution is -0.123. The molecule has 36 heavy (non-hydrogen) atoms. The molecule has 3 aromatic carbocycles. The van der Waals surface area contributed by atoms with Gasteiger partial charge < -0.3 is 14.8 Å². The van der Waals surface area contributed by atoms with Crippen molar-refractivity contribution in [1.29, 1.82) is 0 Å². The summed E-state index contributed by atoms with van der Waals surface area (Å²) in [6, 6.07) is 19.2. The summed E-state index contributed by atoms with van der Waals surface area (Å²) in [5.41, 5.74) is 5.62. The molecular weight excluding hydrogens is 478 g/mol. The molecule has 188 valence electrons. The average molecular weight is 508 g/mol. The van der Waals surface area contributed by atoms with Gasteiger partial charge in [0.1, 0.15) is 12.6 Å². The van der Waals surface area contributed by atoms with Crippen molar-refractivity contribution in [3.05, 3.63) is 94.0 Å². The summed E-state index contributed by atoms with van der Waals surface area (Å²) in [6.45, 7) is 5.95. The summed E-state index contributed by atoms with van der Waals surface area (Å²) in [5.74, 6) is 0.211. The lowest BCUT2D eigenvalue weighted by Gasteiger charge is -2.20. The van der Waals surface area contributed by atoms with Crippen LogP contribution in [0, 0.1) is 12.8 Å². The van der Waals surface area contributed by atoms with E-state index < -0.39 is 11.9 Å². The second-order valence-corrected chi connectivity index (χ2v) is 8.99. The lowest BCUT2D eigenvalue weighted by atomic mass is 10.0. The average Bonchev–Trinajstić information content (AvgIpc) is 2.87. The fourth-order valence-electron chi connectivity index (χ4n) is 3.36. The first-order valence-corrected chi connectivity index (χ1v) is 11.9. The highest BCUT2D eigenvalue weighted by molar-refractivity contribution is 6.31. The molecule has 7 nitrogen and oxygen atoms in total. The number of hydrogen-bond acceptors (Lipinski definition) is 5. The van der Waals surface area contributed by atoms with Crippen LogP contribution in [0.2, 0.25) is 5.02 Å². The number of nitrogens with one attached hydrogen (secondary N) is 2. The zero-order chi connectivity index (χ0) is 26.1. The van der Waals surface area contributed by atoms with Crippen LogP contribution in [0.5, 0.6) is 11.5 Å². The molecule has 0 aliphatic carbocycles. The van der Waals surface area contributed by atoms with Gasteiger partial charge in [-0.15, -0.1) is 0 Å². The SMILES string of the molecule is COc1cc(C=NNC(=O)C(NC(=O)c2ccc(C)cc2)C(C)C)ccc1OCc1ccccc1Cl. The van der Waals surface area contributed by atoms with E-state index in [1.165, 1.54) is 6.21 Å². The smallest absolute Gasteiger partial charge is 0.262 e. The van der Waals surface area contributed by atoms with Crippen molar-refractivity contribution in [2.24, 2.45) is 11.0 Å². The van der Waals surface area contributed by atoms with Crippen LogP contribution in [0.3, 0.4) is 0 Å². The molecule has 0 spiro atoms. The fourth-order valence-corrected chi connectivity index (χ4v) is 3.55. The van der Waals surface area contributed by atoms with Gasteiger partial charge in [-0.3, -0.25) is 9.59 Å². The summed E-state index contributed by atoms with van der Waals surface area (Å²) in [4.78, 5) is 25.3. The van der Waals surface area contributed by atoms with Crippen LogP contribution in [0.15, 0.2) is 71.8 Å². The number of halogens is 1. The Hall–Kier alpha value is -3.84. The van der Waals surface area contributed by atoms with E-state index in [0.29, 0.717) is 34.3 Å². The highest BCUT2D eigenvalue weighted by Crippen LogP contribution is 2.29. The van der Waals surface area contributed by atoms with Gasteiger partial charge in [0.2, 0.25) is 0 Å². The van der Waals surface area contributed by atoms with Crippen LogP contribution in [-0.2, 0) is 11.4 Å². The minimum atomic E-state index is -0.744. The molecule has 0 saturated heterocycles. The van der Waals surface area contributed by atoms with E-state index in [4.69, 9.17) is 21.1 Å². The third kappa shape index (κ3) is 7.33. The Balaban J connectivity index is 1.61. The van der Waals surface area contributed by atoms with Crippen molar-refractivity contribution in [3.63, 3.8) is 0 Å². The Kier molecular flexibility index (Phi) is 9.47. The van der Waals surface area contributed by atoms with Crippen LogP contribution in [0.4, 0.5) is 0 Å². The van der Waals surface area contributed by atoms with Crippen LogP contribution in [0.1, 0.15) is 40.9 Å². The Morgan fingerprint density at radius 3 is 2.42 bits per heavy atom. The Morgan fingerprint density at radius 1 is 1.03 bits per heavy atom. The van der Waals surface area contributed by atoms with E-state index in [2.05, 4.69) is 15.8 Å². The van der Waals surface area contributed by atoms with Gasteiger partial charge in [-0.25, -0.2) is 5.43 Å². The molecule has 0 heterocycles. The number of methoxy groups -OCH3 is 1. The minimum Gasteiger partial charge on any atom is -0.493 e. The van der Waals surface area contributed by atoms with Gasteiger partial charge in [-0.05, 0) is 54.8 Å². The predicted octanol–water partition coefficient (Wildman–Crippen LogP) is 5.14. The molecule has 0 aliphatic rings. The molecule has 1 unspecified atom stereocenters. The second kappa shape index (κ2) is 12.7. The topological polar surface area (TPSA) is 89.0 Å². The largest absolute Gasteiger partial charge is 0.493 e. The summed E-state index contributed by atoms with van der Waals surface area (Å²) in [5, 5.41) is 7.47. The summed E-state index contributed by atoms with van der Waals surface area (Å²) in [7, 11) is 1.55. The maximum absolute atomic E-state index is 12.7. The molecule has 0 aliphatic heterocycles. The predicted molar refractivity (Wildman–Crippen MR) is 142 cm³/mol.